The summed E-state index contributed by atoms with van der Waals surface area (Å²) >= 11 is 0. The van der Waals surface area contributed by atoms with E-state index in [2.05, 4.69) is 27.7 Å². The molecular weight excluding hydrogens is 853 g/mol. The van der Waals surface area contributed by atoms with Gasteiger partial charge in [0.25, 0.3) is 0 Å². The fourth-order valence-electron chi connectivity index (χ4n) is 8.62. The number of esters is 2. The van der Waals surface area contributed by atoms with Gasteiger partial charge < -0.3 is 64.2 Å². The summed E-state index contributed by atoms with van der Waals surface area (Å²) in [4.78, 5) is 25.1. The molecule has 2 aliphatic rings. The van der Waals surface area contributed by atoms with E-state index in [0.717, 1.165) is 50.4 Å². The smallest absolute Gasteiger partial charge is 0.305 e. The van der Waals surface area contributed by atoms with Crippen LogP contribution in [0.2, 0.25) is 0 Å². The van der Waals surface area contributed by atoms with E-state index in [9.17, 15) is 45.3 Å². The van der Waals surface area contributed by atoms with Crippen molar-refractivity contribution in [2.75, 3.05) is 26.4 Å². The van der Waals surface area contributed by atoms with Gasteiger partial charge in [0.2, 0.25) is 0 Å². The van der Waals surface area contributed by atoms with Crippen molar-refractivity contribution < 1.29 is 73.8 Å². The molecule has 0 aromatic carbocycles. The lowest BCUT2D eigenvalue weighted by atomic mass is 9.97. The van der Waals surface area contributed by atoms with Gasteiger partial charge in [-0.25, -0.2) is 0 Å². The van der Waals surface area contributed by atoms with Crippen LogP contribution in [0.1, 0.15) is 207 Å². The molecule has 0 amide bonds. The number of carbonyl (C=O) groups is 2. The average Bonchev–Trinajstić information content (AvgIpc) is 3.28. The van der Waals surface area contributed by atoms with E-state index in [-0.39, 0.29) is 19.4 Å². The number of aliphatic hydroxyl groups excluding tert-OH is 7. The zero-order valence-corrected chi connectivity index (χ0v) is 41.5. The van der Waals surface area contributed by atoms with Gasteiger partial charge >= 0.3 is 11.9 Å². The average molecular weight is 949 g/mol. The summed E-state index contributed by atoms with van der Waals surface area (Å²) in [7, 11) is 0. The Morgan fingerprint density at radius 3 is 1.32 bits per heavy atom. The molecule has 15 nitrogen and oxygen atoms in total. The second-order valence-corrected chi connectivity index (χ2v) is 20.0. The first-order valence-electron chi connectivity index (χ1n) is 26.3. The van der Waals surface area contributed by atoms with Crippen LogP contribution in [-0.4, -0.2) is 142 Å². The largest absolute Gasteiger partial charge is 0.463 e. The number of aliphatic hydroxyl groups is 7. The van der Waals surface area contributed by atoms with E-state index in [1.54, 1.807) is 0 Å². The summed E-state index contributed by atoms with van der Waals surface area (Å²) < 4.78 is 33.4. The Morgan fingerprint density at radius 2 is 0.879 bits per heavy atom. The van der Waals surface area contributed by atoms with E-state index in [4.69, 9.17) is 28.4 Å². The highest BCUT2D eigenvalue weighted by Crippen LogP contribution is 2.30. The maximum absolute atomic E-state index is 12.7. The second-order valence-electron chi connectivity index (χ2n) is 20.0. The fraction of sp³-hybridized carbons (Fsp3) is 0.961. The third-order valence-corrected chi connectivity index (χ3v) is 12.9. The Morgan fingerprint density at radius 1 is 0.470 bits per heavy atom. The molecule has 2 fully saturated rings. The summed E-state index contributed by atoms with van der Waals surface area (Å²) in [5, 5.41) is 73.9. The highest BCUT2D eigenvalue weighted by atomic mass is 16.7. The minimum atomic E-state index is -1.83. The van der Waals surface area contributed by atoms with Crippen molar-refractivity contribution >= 4 is 11.9 Å². The Labute approximate surface area is 398 Å². The van der Waals surface area contributed by atoms with Crippen molar-refractivity contribution in [1.82, 2.24) is 0 Å². The van der Waals surface area contributed by atoms with E-state index in [0.29, 0.717) is 12.8 Å². The third kappa shape index (κ3) is 27.0. The number of ether oxygens (including phenoxy) is 6. The molecule has 2 heterocycles. The van der Waals surface area contributed by atoms with Gasteiger partial charge in [0.1, 0.15) is 68.1 Å². The molecule has 15 heteroatoms. The molecule has 0 aromatic heterocycles. The van der Waals surface area contributed by atoms with E-state index in [1.807, 2.05) is 0 Å². The minimum Gasteiger partial charge on any atom is -0.463 e. The molecule has 7 N–H and O–H groups in total. The van der Waals surface area contributed by atoms with Gasteiger partial charge in [-0.1, -0.05) is 182 Å². The predicted molar refractivity (Wildman–Crippen MR) is 252 cm³/mol. The predicted octanol–water partition coefficient (Wildman–Crippen LogP) is 7.32. The van der Waals surface area contributed by atoms with Crippen LogP contribution in [-0.2, 0) is 38.0 Å². The van der Waals surface area contributed by atoms with Crippen LogP contribution in [0.4, 0.5) is 0 Å². The standard InChI is InChI=1S/C51H96O15/c1-37(2)29-25-21-17-13-9-5-7-11-15-19-23-27-31-42(54)61-34-39(53)35-63-50-48(60)49(66-51-47(59)46(58)44(56)40(33-52)64-51)45(57)41(65-50)36-62-43(55)32-28-24-20-16-12-8-6-10-14-18-22-26-30-38(3)4/h37-41,44-53,56-60H,5-36H2,1-4H3/t39-,40+,41+,44+,45+,46-,47-,48-,49-,50-,51+/m0/s1. The highest BCUT2D eigenvalue weighted by Gasteiger charge is 2.51. The summed E-state index contributed by atoms with van der Waals surface area (Å²) in [6, 6.07) is 0. The normalized spacial score (nSPS) is 26.3. The quantitative estimate of drug-likeness (QED) is 0.0236. The Hall–Kier alpha value is -1.50. The SMILES string of the molecule is CC(C)CCCCCCCCCCCCCCC(=O)OC[C@H](O)CO[C@H]1O[C@H](COC(=O)CCCCCCCCCCCCCCC(C)C)[C@@H](O)[C@H](O[C@H]2O[C@H](CO)[C@@H](O)[C@H](O)[C@@H]2O)[C@@H]1O. The second kappa shape index (κ2) is 37.3. The van der Waals surface area contributed by atoms with Crippen LogP contribution < -0.4 is 0 Å². The van der Waals surface area contributed by atoms with Crippen molar-refractivity contribution in [3.05, 3.63) is 0 Å². The Kier molecular flexibility index (Phi) is 34.3. The van der Waals surface area contributed by atoms with E-state index in [1.165, 1.54) is 116 Å². The number of hydrogen-bond donors (Lipinski definition) is 7. The van der Waals surface area contributed by atoms with Crippen molar-refractivity contribution in [3.8, 4) is 0 Å². The molecule has 2 saturated heterocycles. The number of unbranched alkanes of at least 4 members (excludes halogenated alkanes) is 22. The van der Waals surface area contributed by atoms with Gasteiger partial charge in [0, 0.05) is 12.8 Å². The molecule has 0 unspecified atom stereocenters. The zero-order chi connectivity index (χ0) is 48.5. The molecule has 66 heavy (non-hydrogen) atoms. The number of carbonyl (C=O) groups excluding carboxylic acids is 2. The van der Waals surface area contributed by atoms with Gasteiger partial charge in [-0.2, -0.15) is 0 Å². The summed E-state index contributed by atoms with van der Waals surface area (Å²) in [5.74, 6) is 0.633. The van der Waals surface area contributed by atoms with Crippen LogP contribution in [0.3, 0.4) is 0 Å². The van der Waals surface area contributed by atoms with Crippen LogP contribution in [0.5, 0.6) is 0 Å². The number of rotatable bonds is 40. The fourth-order valence-corrected chi connectivity index (χ4v) is 8.62. The molecule has 2 rings (SSSR count). The van der Waals surface area contributed by atoms with Gasteiger partial charge in [-0.3, -0.25) is 9.59 Å². The van der Waals surface area contributed by atoms with E-state index >= 15 is 0 Å². The van der Waals surface area contributed by atoms with Crippen LogP contribution >= 0.6 is 0 Å². The molecule has 0 aromatic rings. The van der Waals surface area contributed by atoms with Crippen molar-refractivity contribution in [2.24, 2.45) is 11.8 Å². The van der Waals surface area contributed by atoms with Crippen LogP contribution in [0.25, 0.3) is 0 Å². The highest BCUT2D eigenvalue weighted by molar-refractivity contribution is 5.69. The van der Waals surface area contributed by atoms with Gasteiger partial charge in [-0.15, -0.1) is 0 Å². The summed E-state index contributed by atoms with van der Waals surface area (Å²) in [6.07, 6.45) is 13.6. The first-order chi connectivity index (χ1) is 31.7. The molecule has 0 spiro atoms. The topological polar surface area (TPSA) is 231 Å². The van der Waals surface area contributed by atoms with Gasteiger partial charge in [0.15, 0.2) is 12.6 Å². The summed E-state index contributed by atoms with van der Waals surface area (Å²) in [6.45, 7) is 7.11. The number of hydrogen-bond acceptors (Lipinski definition) is 15. The zero-order valence-electron chi connectivity index (χ0n) is 41.5. The van der Waals surface area contributed by atoms with Gasteiger partial charge in [-0.05, 0) is 24.7 Å². The molecule has 11 atom stereocenters. The molecule has 0 saturated carbocycles. The van der Waals surface area contributed by atoms with Crippen molar-refractivity contribution in [3.63, 3.8) is 0 Å². The lowest BCUT2D eigenvalue weighted by molar-refractivity contribution is -0.361. The molecule has 390 valence electrons. The molecule has 0 aliphatic carbocycles. The van der Waals surface area contributed by atoms with Gasteiger partial charge in [0.05, 0.1) is 13.2 Å². The Bertz CT molecular complexity index is 1190. The lowest BCUT2D eigenvalue weighted by Crippen LogP contribution is -2.65. The Balaban J connectivity index is 1.74. The van der Waals surface area contributed by atoms with Crippen LogP contribution in [0.15, 0.2) is 0 Å². The maximum Gasteiger partial charge on any atom is 0.305 e. The van der Waals surface area contributed by atoms with Crippen molar-refractivity contribution in [2.45, 2.75) is 275 Å². The lowest BCUT2D eigenvalue weighted by Gasteiger charge is -2.46. The molecular formula is C51H96O15. The molecule has 0 radical (unpaired) electrons. The van der Waals surface area contributed by atoms with Crippen LogP contribution in [0, 0.1) is 11.8 Å². The third-order valence-electron chi connectivity index (χ3n) is 12.9. The monoisotopic (exact) mass is 949 g/mol. The first kappa shape index (κ1) is 60.6. The first-order valence-corrected chi connectivity index (χ1v) is 26.3. The maximum atomic E-state index is 12.7. The summed E-state index contributed by atoms with van der Waals surface area (Å²) in [5.41, 5.74) is 0. The molecule has 2 aliphatic heterocycles. The minimum absolute atomic E-state index is 0.164. The van der Waals surface area contributed by atoms with E-state index < -0.39 is 99.3 Å². The van der Waals surface area contributed by atoms with Crippen molar-refractivity contribution in [1.29, 1.82) is 0 Å². The molecule has 0 bridgehead atoms.